The predicted octanol–water partition coefficient (Wildman–Crippen LogP) is 3.19. The minimum absolute atomic E-state index is 0.274. The Labute approximate surface area is 161 Å². The number of hydrogen-bond acceptors (Lipinski definition) is 3. The molecule has 140 valence electrons. The van der Waals surface area contributed by atoms with Gasteiger partial charge in [-0.15, -0.1) is 0 Å². The van der Waals surface area contributed by atoms with E-state index in [-0.39, 0.29) is 17.4 Å². The van der Waals surface area contributed by atoms with Crippen LogP contribution in [0.1, 0.15) is 21.6 Å². The van der Waals surface area contributed by atoms with Gasteiger partial charge in [-0.05, 0) is 35.4 Å². The molecular weight excluding hydrogens is 357 g/mol. The van der Waals surface area contributed by atoms with Crippen molar-refractivity contribution < 1.29 is 9.18 Å². The molecule has 0 unspecified atom stereocenters. The highest BCUT2D eigenvalue weighted by Crippen LogP contribution is 2.12. The third kappa shape index (κ3) is 3.98. The average Bonchev–Trinajstić information content (AvgIpc) is 3.39. The number of nitrogens with zero attached hydrogens (tertiary/aromatic N) is 4. The predicted molar refractivity (Wildman–Crippen MR) is 102 cm³/mol. The van der Waals surface area contributed by atoms with Gasteiger partial charge in [-0.25, -0.2) is 14.1 Å². The molecule has 2 aromatic heterocycles. The molecule has 7 heteroatoms. The molecule has 0 saturated heterocycles. The van der Waals surface area contributed by atoms with Crippen molar-refractivity contribution in [2.24, 2.45) is 0 Å². The Morgan fingerprint density at radius 1 is 1.04 bits per heavy atom. The number of hydrogen-bond donors (Lipinski definition) is 1. The van der Waals surface area contributed by atoms with Crippen molar-refractivity contribution in [1.82, 2.24) is 24.6 Å². The zero-order valence-electron chi connectivity index (χ0n) is 15.0. The monoisotopic (exact) mass is 375 g/mol. The molecule has 4 rings (SSSR count). The quantitative estimate of drug-likeness (QED) is 0.563. The molecule has 0 bridgehead atoms. The van der Waals surface area contributed by atoms with Crippen LogP contribution >= 0.6 is 0 Å². The summed E-state index contributed by atoms with van der Waals surface area (Å²) < 4.78 is 16.8. The van der Waals surface area contributed by atoms with E-state index in [1.54, 1.807) is 36.9 Å². The van der Waals surface area contributed by atoms with Crippen LogP contribution in [0, 0.1) is 5.82 Å². The van der Waals surface area contributed by atoms with Crippen LogP contribution in [-0.4, -0.2) is 25.2 Å². The largest absolute Gasteiger partial charge is 0.347 e. The van der Waals surface area contributed by atoms with E-state index in [0.29, 0.717) is 18.8 Å². The lowest BCUT2D eigenvalue weighted by Gasteiger charge is -2.11. The summed E-state index contributed by atoms with van der Waals surface area (Å²) in [5, 5.41) is 7.14. The van der Waals surface area contributed by atoms with Gasteiger partial charge < -0.3 is 9.88 Å². The van der Waals surface area contributed by atoms with Gasteiger partial charge in [0.25, 0.3) is 5.91 Å². The van der Waals surface area contributed by atoms with Crippen molar-refractivity contribution in [3.8, 4) is 5.69 Å². The van der Waals surface area contributed by atoms with Gasteiger partial charge >= 0.3 is 0 Å². The summed E-state index contributed by atoms with van der Waals surface area (Å²) >= 11 is 0. The Kier molecular flexibility index (Phi) is 4.97. The number of aromatic nitrogens is 4. The fraction of sp³-hybridized carbons (Fsp3) is 0.0952. The van der Waals surface area contributed by atoms with Crippen LogP contribution in [-0.2, 0) is 13.1 Å². The molecule has 0 spiro atoms. The van der Waals surface area contributed by atoms with E-state index >= 15 is 0 Å². The van der Waals surface area contributed by atoms with Crippen LogP contribution < -0.4 is 5.32 Å². The van der Waals surface area contributed by atoms with E-state index in [0.717, 1.165) is 11.1 Å². The van der Waals surface area contributed by atoms with Crippen LogP contribution in [0.5, 0.6) is 0 Å². The average molecular weight is 375 g/mol. The smallest absolute Gasteiger partial charge is 0.272 e. The first kappa shape index (κ1) is 17.7. The molecule has 0 aliphatic heterocycles. The molecular formula is C21H18FN5O. The van der Waals surface area contributed by atoms with Crippen molar-refractivity contribution in [1.29, 1.82) is 0 Å². The maximum absolute atomic E-state index is 13.4. The maximum Gasteiger partial charge on any atom is 0.272 e. The second-order valence-electron chi connectivity index (χ2n) is 6.31. The van der Waals surface area contributed by atoms with E-state index in [2.05, 4.69) is 15.4 Å². The zero-order chi connectivity index (χ0) is 19.3. The van der Waals surface area contributed by atoms with Gasteiger partial charge in [-0.2, -0.15) is 5.10 Å². The van der Waals surface area contributed by atoms with Crippen molar-refractivity contribution in [2.45, 2.75) is 13.1 Å². The Bertz CT molecular complexity index is 1090. The van der Waals surface area contributed by atoms with Gasteiger partial charge in [0, 0.05) is 31.7 Å². The number of halogens is 1. The molecule has 0 aliphatic rings. The highest BCUT2D eigenvalue weighted by molar-refractivity contribution is 5.92. The van der Waals surface area contributed by atoms with Crippen molar-refractivity contribution >= 4 is 5.91 Å². The van der Waals surface area contributed by atoms with Gasteiger partial charge in [0.15, 0.2) is 5.69 Å². The summed E-state index contributed by atoms with van der Waals surface area (Å²) in [5.41, 5.74) is 2.96. The molecule has 1 amide bonds. The molecule has 0 saturated carbocycles. The molecule has 0 radical (unpaired) electrons. The fourth-order valence-electron chi connectivity index (χ4n) is 2.93. The molecule has 2 aromatic carbocycles. The SMILES string of the molecule is O=C(NCc1ccccc1Cn1ccnc1)c1ccn(-c2cccc(F)c2)n1. The van der Waals surface area contributed by atoms with E-state index in [1.165, 1.54) is 16.8 Å². The lowest BCUT2D eigenvalue weighted by atomic mass is 10.1. The Morgan fingerprint density at radius 3 is 2.68 bits per heavy atom. The minimum atomic E-state index is -0.353. The number of amides is 1. The van der Waals surface area contributed by atoms with E-state index in [1.807, 2.05) is 35.0 Å². The molecule has 28 heavy (non-hydrogen) atoms. The lowest BCUT2D eigenvalue weighted by molar-refractivity contribution is 0.0945. The van der Waals surface area contributed by atoms with Gasteiger partial charge in [0.1, 0.15) is 5.82 Å². The molecule has 1 N–H and O–H groups in total. The topological polar surface area (TPSA) is 64.7 Å². The summed E-state index contributed by atoms with van der Waals surface area (Å²) in [4.78, 5) is 16.5. The zero-order valence-corrected chi connectivity index (χ0v) is 15.0. The maximum atomic E-state index is 13.4. The first-order valence-electron chi connectivity index (χ1n) is 8.81. The summed E-state index contributed by atoms with van der Waals surface area (Å²) in [7, 11) is 0. The summed E-state index contributed by atoms with van der Waals surface area (Å²) in [6, 6.07) is 15.6. The lowest BCUT2D eigenvalue weighted by Crippen LogP contribution is -2.24. The Balaban J connectivity index is 1.44. The minimum Gasteiger partial charge on any atom is -0.347 e. The van der Waals surface area contributed by atoms with Crippen LogP contribution in [0.4, 0.5) is 4.39 Å². The van der Waals surface area contributed by atoms with Gasteiger partial charge in [0.2, 0.25) is 0 Å². The van der Waals surface area contributed by atoms with Crippen LogP contribution in [0.15, 0.2) is 79.5 Å². The molecule has 0 atom stereocenters. The standard InChI is InChI=1S/C21H18FN5O/c22-18-6-3-7-19(12-18)27-10-8-20(25-27)21(28)24-13-16-4-1-2-5-17(16)14-26-11-9-23-15-26/h1-12,15H,13-14H2,(H,24,28). The number of imidazole rings is 1. The fourth-order valence-corrected chi connectivity index (χ4v) is 2.93. The number of benzene rings is 2. The number of nitrogens with one attached hydrogen (secondary N) is 1. The van der Waals surface area contributed by atoms with Gasteiger partial charge in [0.05, 0.1) is 12.0 Å². The van der Waals surface area contributed by atoms with Crippen molar-refractivity contribution in [2.75, 3.05) is 0 Å². The van der Waals surface area contributed by atoms with Gasteiger partial charge in [-0.3, -0.25) is 4.79 Å². The summed E-state index contributed by atoms with van der Waals surface area (Å²) in [6.45, 7) is 1.07. The van der Waals surface area contributed by atoms with Crippen LogP contribution in [0.3, 0.4) is 0 Å². The Hall–Kier alpha value is -3.74. The third-order valence-electron chi connectivity index (χ3n) is 4.36. The Morgan fingerprint density at radius 2 is 1.89 bits per heavy atom. The molecule has 6 nitrogen and oxygen atoms in total. The van der Waals surface area contributed by atoms with Crippen LogP contribution in [0.25, 0.3) is 5.69 Å². The normalized spacial score (nSPS) is 10.8. The summed E-state index contributed by atoms with van der Waals surface area (Å²) in [6.07, 6.45) is 7.03. The summed E-state index contributed by atoms with van der Waals surface area (Å²) in [5.74, 6) is -0.638. The van der Waals surface area contributed by atoms with E-state index in [9.17, 15) is 9.18 Å². The molecule has 0 fully saturated rings. The van der Waals surface area contributed by atoms with E-state index in [4.69, 9.17) is 0 Å². The van der Waals surface area contributed by atoms with Gasteiger partial charge in [-0.1, -0.05) is 30.3 Å². The van der Waals surface area contributed by atoms with Crippen molar-refractivity contribution in [3.05, 3.63) is 102 Å². The highest BCUT2D eigenvalue weighted by atomic mass is 19.1. The van der Waals surface area contributed by atoms with Crippen molar-refractivity contribution in [3.63, 3.8) is 0 Å². The van der Waals surface area contributed by atoms with E-state index < -0.39 is 0 Å². The van der Waals surface area contributed by atoms with Crippen LogP contribution in [0.2, 0.25) is 0 Å². The first-order valence-corrected chi connectivity index (χ1v) is 8.81. The first-order chi connectivity index (χ1) is 13.7. The number of rotatable bonds is 6. The molecule has 4 aromatic rings. The number of carbonyl (C=O) groups excluding carboxylic acids is 1. The number of carbonyl (C=O) groups is 1. The second-order valence-corrected chi connectivity index (χ2v) is 6.31. The molecule has 2 heterocycles. The third-order valence-corrected chi connectivity index (χ3v) is 4.36. The second kappa shape index (κ2) is 7.87. The molecule has 0 aliphatic carbocycles. The highest BCUT2D eigenvalue weighted by Gasteiger charge is 2.11.